The van der Waals surface area contributed by atoms with Crippen molar-refractivity contribution in [3.63, 3.8) is 0 Å². The Morgan fingerprint density at radius 1 is 1.14 bits per heavy atom. The number of ether oxygens (including phenoxy) is 1. The van der Waals surface area contributed by atoms with Gasteiger partial charge in [-0.1, -0.05) is 12.1 Å². The molecule has 0 radical (unpaired) electrons. The van der Waals surface area contributed by atoms with E-state index in [0.717, 1.165) is 28.9 Å². The second-order valence-corrected chi connectivity index (χ2v) is 6.82. The van der Waals surface area contributed by atoms with Crippen LogP contribution in [0.5, 0.6) is 5.75 Å². The van der Waals surface area contributed by atoms with Crippen LogP contribution < -0.4 is 10.1 Å². The Hall–Kier alpha value is -3.13. The van der Waals surface area contributed by atoms with Gasteiger partial charge in [0.2, 0.25) is 5.91 Å². The summed E-state index contributed by atoms with van der Waals surface area (Å²) < 4.78 is 45.3. The van der Waals surface area contributed by atoms with Gasteiger partial charge in [-0.15, -0.1) is 11.3 Å². The van der Waals surface area contributed by atoms with Gasteiger partial charge in [0.15, 0.2) is 17.5 Å². The number of halogens is 3. The van der Waals surface area contributed by atoms with E-state index in [4.69, 9.17) is 4.74 Å². The molecule has 0 unspecified atom stereocenters. The molecule has 1 aromatic heterocycles. The van der Waals surface area contributed by atoms with E-state index in [0.29, 0.717) is 17.9 Å². The molecule has 1 N–H and O–H groups in total. The maximum absolute atomic E-state index is 13.6. The molecule has 2 aromatic carbocycles. The Labute approximate surface area is 163 Å². The summed E-state index contributed by atoms with van der Waals surface area (Å²) in [6.45, 7) is 2.29. The number of amides is 1. The summed E-state index contributed by atoms with van der Waals surface area (Å²) in [7, 11) is 0. The second kappa shape index (κ2) is 8.71. The van der Waals surface area contributed by atoms with Gasteiger partial charge >= 0.3 is 0 Å². The fourth-order valence-corrected chi connectivity index (χ4v) is 2.87. The van der Waals surface area contributed by atoms with Gasteiger partial charge in [0.1, 0.15) is 12.4 Å². The molecule has 1 heterocycles. The topological polar surface area (TPSA) is 51.2 Å². The third-order valence-electron chi connectivity index (χ3n) is 3.65. The van der Waals surface area contributed by atoms with E-state index in [1.807, 2.05) is 12.3 Å². The monoisotopic (exact) mass is 404 g/mol. The smallest absolute Gasteiger partial charge is 0.248 e. The van der Waals surface area contributed by atoms with Gasteiger partial charge in [0.25, 0.3) is 0 Å². The molecule has 0 aliphatic heterocycles. The van der Waals surface area contributed by atoms with Crippen molar-refractivity contribution >= 4 is 29.0 Å². The first-order valence-electron chi connectivity index (χ1n) is 8.19. The van der Waals surface area contributed by atoms with Crippen LogP contribution in [0, 0.1) is 24.4 Å². The number of anilines is 1. The summed E-state index contributed by atoms with van der Waals surface area (Å²) in [5, 5.41) is 5.07. The molecule has 0 aliphatic carbocycles. The largest absolute Gasteiger partial charge is 0.487 e. The zero-order valence-electron chi connectivity index (χ0n) is 14.7. The molecule has 0 fully saturated rings. The number of rotatable bonds is 6. The zero-order valence-corrected chi connectivity index (χ0v) is 15.5. The fourth-order valence-electron chi connectivity index (χ4n) is 2.28. The van der Waals surface area contributed by atoms with Gasteiger partial charge in [-0.25, -0.2) is 18.2 Å². The Bertz CT molecular complexity index is 1020. The Morgan fingerprint density at radius 3 is 2.57 bits per heavy atom. The SMILES string of the molecule is Cc1nc(COc2ccc(/C=C/C(=O)Nc3ccc(F)c(F)c3F)cc2)cs1. The van der Waals surface area contributed by atoms with E-state index in [-0.39, 0.29) is 0 Å². The van der Waals surface area contributed by atoms with Crippen molar-refractivity contribution in [2.24, 2.45) is 0 Å². The van der Waals surface area contributed by atoms with Crippen molar-refractivity contribution in [2.45, 2.75) is 13.5 Å². The number of carbonyl (C=O) groups is 1. The lowest BCUT2D eigenvalue weighted by molar-refractivity contribution is -0.111. The van der Waals surface area contributed by atoms with Crippen LogP contribution in [0.1, 0.15) is 16.3 Å². The molecule has 0 spiro atoms. The molecule has 4 nitrogen and oxygen atoms in total. The van der Waals surface area contributed by atoms with Gasteiger partial charge in [-0.05, 0) is 42.8 Å². The average molecular weight is 404 g/mol. The molecule has 144 valence electrons. The third-order valence-corrected chi connectivity index (χ3v) is 4.48. The van der Waals surface area contributed by atoms with E-state index < -0.39 is 29.0 Å². The van der Waals surface area contributed by atoms with Gasteiger partial charge in [0.05, 0.1) is 16.4 Å². The standard InChI is InChI=1S/C20H15F3N2O2S/c1-12-24-14(11-28-12)10-27-15-5-2-13(3-6-15)4-9-18(26)25-17-8-7-16(21)19(22)20(17)23/h2-9,11H,10H2,1H3,(H,25,26)/b9-4+. The average Bonchev–Trinajstić information content (AvgIpc) is 3.11. The molecule has 0 atom stereocenters. The van der Waals surface area contributed by atoms with Gasteiger partial charge in [0, 0.05) is 11.5 Å². The molecule has 0 aliphatic rings. The van der Waals surface area contributed by atoms with Crippen LogP contribution in [0.2, 0.25) is 0 Å². The summed E-state index contributed by atoms with van der Waals surface area (Å²) in [6, 6.07) is 8.66. The molecule has 8 heteroatoms. The van der Waals surface area contributed by atoms with Crippen LogP contribution in [0.25, 0.3) is 6.08 Å². The van der Waals surface area contributed by atoms with Gasteiger partial charge < -0.3 is 10.1 Å². The number of aromatic nitrogens is 1. The summed E-state index contributed by atoms with van der Waals surface area (Å²) in [5.41, 5.74) is 1.12. The number of hydrogen-bond donors (Lipinski definition) is 1. The lowest BCUT2D eigenvalue weighted by Crippen LogP contribution is -2.10. The van der Waals surface area contributed by atoms with Crippen molar-refractivity contribution in [1.82, 2.24) is 4.98 Å². The summed E-state index contributed by atoms with van der Waals surface area (Å²) >= 11 is 1.55. The molecule has 0 saturated carbocycles. The lowest BCUT2D eigenvalue weighted by Gasteiger charge is -2.05. The van der Waals surface area contributed by atoms with Crippen molar-refractivity contribution in [2.75, 3.05) is 5.32 Å². The third kappa shape index (κ3) is 4.98. The van der Waals surface area contributed by atoms with Crippen molar-refractivity contribution < 1.29 is 22.7 Å². The molecular formula is C20H15F3N2O2S. The second-order valence-electron chi connectivity index (χ2n) is 5.76. The van der Waals surface area contributed by atoms with E-state index >= 15 is 0 Å². The van der Waals surface area contributed by atoms with E-state index in [1.54, 1.807) is 35.6 Å². The molecular weight excluding hydrogens is 389 g/mol. The number of hydrogen-bond acceptors (Lipinski definition) is 4. The first kappa shape index (κ1) is 19.6. The summed E-state index contributed by atoms with van der Waals surface area (Å²) in [6.07, 6.45) is 2.66. The minimum Gasteiger partial charge on any atom is -0.487 e. The number of nitrogens with one attached hydrogen (secondary N) is 1. The number of carbonyl (C=O) groups excluding carboxylic acids is 1. The summed E-state index contributed by atoms with van der Waals surface area (Å²) in [4.78, 5) is 16.2. The highest BCUT2D eigenvalue weighted by Gasteiger charge is 2.14. The zero-order chi connectivity index (χ0) is 20.1. The van der Waals surface area contributed by atoms with Crippen molar-refractivity contribution in [3.8, 4) is 5.75 Å². The number of benzene rings is 2. The Morgan fingerprint density at radius 2 is 1.89 bits per heavy atom. The van der Waals surface area contributed by atoms with Gasteiger partial charge in [-0.3, -0.25) is 4.79 Å². The fraction of sp³-hybridized carbons (Fsp3) is 0.100. The predicted octanol–water partition coefficient (Wildman–Crippen LogP) is 5.10. The van der Waals surface area contributed by atoms with Crippen molar-refractivity contribution in [1.29, 1.82) is 0 Å². The molecule has 0 bridgehead atoms. The predicted molar refractivity (Wildman–Crippen MR) is 102 cm³/mol. The minimum atomic E-state index is -1.63. The van der Waals surface area contributed by atoms with Crippen LogP contribution in [-0.4, -0.2) is 10.9 Å². The molecule has 3 rings (SSSR count). The van der Waals surface area contributed by atoms with E-state index in [2.05, 4.69) is 10.3 Å². The normalized spacial score (nSPS) is 11.0. The van der Waals surface area contributed by atoms with Crippen LogP contribution in [0.15, 0.2) is 47.9 Å². The van der Waals surface area contributed by atoms with Crippen molar-refractivity contribution in [3.05, 3.63) is 81.6 Å². The number of nitrogens with zero attached hydrogens (tertiary/aromatic N) is 1. The van der Waals surface area contributed by atoms with E-state index in [9.17, 15) is 18.0 Å². The highest BCUT2D eigenvalue weighted by molar-refractivity contribution is 7.09. The number of thiazole rings is 1. The molecule has 3 aromatic rings. The summed E-state index contributed by atoms with van der Waals surface area (Å²) in [5.74, 6) is -4.43. The van der Waals surface area contributed by atoms with Crippen LogP contribution in [0.3, 0.4) is 0 Å². The lowest BCUT2D eigenvalue weighted by atomic mass is 10.2. The highest BCUT2D eigenvalue weighted by atomic mass is 32.1. The van der Waals surface area contributed by atoms with Crippen LogP contribution >= 0.6 is 11.3 Å². The Balaban J connectivity index is 1.56. The molecule has 0 saturated heterocycles. The Kier molecular flexibility index (Phi) is 6.10. The maximum Gasteiger partial charge on any atom is 0.248 e. The molecule has 1 amide bonds. The minimum absolute atomic E-state index is 0.363. The molecule has 28 heavy (non-hydrogen) atoms. The first-order valence-corrected chi connectivity index (χ1v) is 9.07. The number of aryl methyl sites for hydroxylation is 1. The van der Waals surface area contributed by atoms with E-state index in [1.165, 1.54) is 6.08 Å². The highest BCUT2D eigenvalue weighted by Crippen LogP contribution is 2.20. The van der Waals surface area contributed by atoms with Crippen LogP contribution in [-0.2, 0) is 11.4 Å². The van der Waals surface area contributed by atoms with Crippen LogP contribution in [0.4, 0.5) is 18.9 Å². The maximum atomic E-state index is 13.6. The first-order chi connectivity index (χ1) is 13.4. The quantitative estimate of drug-likeness (QED) is 0.459. The van der Waals surface area contributed by atoms with Gasteiger partial charge in [-0.2, -0.15) is 0 Å².